The number of carbonyl (C=O) groups is 1. The monoisotopic (exact) mass is 285 g/mol. The summed E-state index contributed by atoms with van der Waals surface area (Å²) in [6, 6.07) is 2.15. The number of nitrogens with zero attached hydrogens (tertiary/aromatic N) is 1. The molecule has 0 aromatic carbocycles. The zero-order valence-electron chi connectivity index (χ0n) is 9.24. The van der Waals surface area contributed by atoms with E-state index in [1.165, 1.54) is 0 Å². The Morgan fingerprint density at radius 2 is 2.44 bits per heavy atom. The molecule has 5 heteroatoms. The number of hydrogen-bond donors (Lipinski definition) is 2. The van der Waals surface area contributed by atoms with Crippen LogP contribution < -0.4 is 11.1 Å². The van der Waals surface area contributed by atoms with Gasteiger partial charge in [-0.3, -0.25) is 4.79 Å². The van der Waals surface area contributed by atoms with E-state index >= 15 is 0 Å². The van der Waals surface area contributed by atoms with Gasteiger partial charge >= 0.3 is 0 Å². The largest absolute Gasteiger partial charge is 0.346 e. The van der Waals surface area contributed by atoms with Crippen molar-refractivity contribution < 1.29 is 4.79 Å². The molecular formula is C11H16BrN3O. The number of aryl methyl sites for hydroxylation is 1. The summed E-state index contributed by atoms with van der Waals surface area (Å²) < 4.78 is 2.90. The zero-order chi connectivity index (χ0) is 11.7. The predicted molar refractivity (Wildman–Crippen MR) is 66.3 cm³/mol. The second-order valence-corrected chi connectivity index (χ2v) is 5.13. The van der Waals surface area contributed by atoms with Gasteiger partial charge in [0.05, 0.1) is 0 Å². The van der Waals surface area contributed by atoms with Crippen molar-refractivity contribution in [3.8, 4) is 0 Å². The van der Waals surface area contributed by atoms with Crippen molar-refractivity contribution in [2.24, 2.45) is 5.73 Å². The molecule has 1 aromatic heterocycles. The van der Waals surface area contributed by atoms with Gasteiger partial charge < -0.3 is 15.6 Å². The standard InChI is InChI=1S/C11H16BrN3O/c1-2-3-15-6-7(12)4-10(15)11(16)14-9-5-8(9)13/h4,6,8-9H,2-3,5,13H2,1H3,(H,14,16). The minimum absolute atomic E-state index is 0.0305. The molecule has 88 valence electrons. The molecule has 0 aliphatic heterocycles. The van der Waals surface area contributed by atoms with Gasteiger partial charge in [-0.1, -0.05) is 6.92 Å². The third kappa shape index (κ3) is 2.47. The lowest BCUT2D eigenvalue weighted by Gasteiger charge is -2.07. The van der Waals surface area contributed by atoms with Crippen LogP contribution in [0.4, 0.5) is 0 Å². The molecule has 1 heterocycles. The number of nitrogens with one attached hydrogen (secondary N) is 1. The fraction of sp³-hybridized carbons (Fsp3) is 0.545. The summed E-state index contributed by atoms with van der Waals surface area (Å²) in [6.07, 6.45) is 3.83. The number of halogens is 1. The summed E-state index contributed by atoms with van der Waals surface area (Å²) in [5.41, 5.74) is 6.37. The number of aromatic nitrogens is 1. The Balaban J connectivity index is 2.08. The van der Waals surface area contributed by atoms with Crippen molar-refractivity contribution in [2.45, 2.75) is 38.4 Å². The van der Waals surface area contributed by atoms with Crippen LogP contribution in [0.25, 0.3) is 0 Å². The SMILES string of the molecule is CCCn1cc(Br)cc1C(=O)NC1CC1N. The van der Waals surface area contributed by atoms with E-state index in [1.807, 2.05) is 16.8 Å². The van der Waals surface area contributed by atoms with Gasteiger partial charge in [-0.25, -0.2) is 0 Å². The molecule has 3 N–H and O–H groups in total. The molecule has 1 saturated carbocycles. The molecule has 1 aromatic rings. The highest BCUT2D eigenvalue weighted by Gasteiger charge is 2.35. The van der Waals surface area contributed by atoms with Gasteiger partial charge in [-0.15, -0.1) is 0 Å². The Labute approximate surface area is 103 Å². The number of hydrogen-bond acceptors (Lipinski definition) is 2. The Morgan fingerprint density at radius 3 is 3.00 bits per heavy atom. The molecule has 0 bridgehead atoms. The van der Waals surface area contributed by atoms with E-state index in [0.29, 0.717) is 5.69 Å². The average molecular weight is 286 g/mol. The molecule has 1 fully saturated rings. The predicted octanol–water partition coefficient (Wildman–Crippen LogP) is 1.49. The summed E-state index contributed by atoms with van der Waals surface area (Å²) >= 11 is 3.39. The molecule has 0 saturated heterocycles. The van der Waals surface area contributed by atoms with Gasteiger partial charge in [-0.05, 0) is 34.8 Å². The minimum Gasteiger partial charge on any atom is -0.346 e. The first-order valence-electron chi connectivity index (χ1n) is 5.54. The average Bonchev–Trinajstić information content (AvgIpc) is 2.75. The van der Waals surface area contributed by atoms with Crippen molar-refractivity contribution in [1.82, 2.24) is 9.88 Å². The summed E-state index contributed by atoms with van der Waals surface area (Å²) in [6.45, 7) is 2.94. The third-order valence-electron chi connectivity index (χ3n) is 2.72. The number of nitrogens with two attached hydrogens (primary N) is 1. The molecule has 0 radical (unpaired) electrons. The van der Waals surface area contributed by atoms with Crippen LogP contribution in [0.5, 0.6) is 0 Å². The Kier molecular flexibility index (Phi) is 3.35. The van der Waals surface area contributed by atoms with E-state index < -0.39 is 0 Å². The second kappa shape index (κ2) is 4.59. The Bertz CT molecular complexity index is 402. The van der Waals surface area contributed by atoms with E-state index in [-0.39, 0.29) is 18.0 Å². The van der Waals surface area contributed by atoms with Crippen LogP contribution >= 0.6 is 15.9 Å². The lowest BCUT2D eigenvalue weighted by Crippen LogP contribution is -2.31. The zero-order valence-corrected chi connectivity index (χ0v) is 10.8. The summed E-state index contributed by atoms with van der Waals surface area (Å²) in [7, 11) is 0. The van der Waals surface area contributed by atoms with Crippen molar-refractivity contribution in [3.05, 3.63) is 22.4 Å². The van der Waals surface area contributed by atoms with E-state index in [0.717, 1.165) is 23.9 Å². The second-order valence-electron chi connectivity index (χ2n) is 4.22. The number of amides is 1. The minimum atomic E-state index is -0.0305. The maximum Gasteiger partial charge on any atom is 0.268 e. The lowest BCUT2D eigenvalue weighted by molar-refractivity contribution is 0.0941. The van der Waals surface area contributed by atoms with E-state index in [2.05, 4.69) is 28.2 Å². The molecule has 16 heavy (non-hydrogen) atoms. The highest BCUT2D eigenvalue weighted by atomic mass is 79.9. The normalized spacial score (nSPS) is 23.2. The van der Waals surface area contributed by atoms with Gasteiger partial charge in [0, 0.05) is 29.3 Å². The first-order chi connectivity index (χ1) is 7.61. The first kappa shape index (κ1) is 11.7. The molecule has 0 spiro atoms. The van der Waals surface area contributed by atoms with Crippen LogP contribution in [-0.4, -0.2) is 22.6 Å². The summed E-state index contributed by atoms with van der Waals surface area (Å²) in [4.78, 5) is 11.9. The van der Waals surface area contributed by atoms with Crippen LogP contribution in [-0.2, 0) is 6.54 Å². The van der Waals surface area contributed by atoms with Crippen LogP contribution in [0.1, 0.15) is 30.3 Å². The lowest BCUT2D eigenvalue weighted by atomic mass is 10.3. The molecule has 4 nitrogen and oxygen atoms in total. The van der Waals surface area contributed by atoms with Crippen molar-refractivity contribution >= 4 is 21.8 Å². The first-order valence-corrected chi connectivity index (χ1v) is 6.33. The molecule has 2 unspecified atom stereocenters. The summed E-state index contributed by atoms with van der Waals surface area (Å²) in [5.74, 6) is -0.0305. The van der Waals surface area contributed by atoms with Gasteiger partial charge in [-0.2, -0.15) is 0 Å². The van der Waals surface area contributed by atoms with E-state index in [4.69, 9.17) is 5.73 Å². The maximum atomic E-state index is 11.9. The topological polar surface area (TPSA) is 60.0 Å². The fourth-order valence-corrected chi connectivity index (χ4v) is 2.18. The smallest absolute Gasteiger partial charge is 0.268 e. The van der Waals surface area contributed by atoms with E-state index in [9.17, 15) is 4.79 Å². The molecule has 1 aliphatic rings. The van der Waals surface area contributed by atoms with E-state index in [1.54, 1.807) is 0 Å². The Hall–Kier alpha value is -0.810. The third-order valence-corrected chi connectivity index (χ3v) is 3.15. The molecule has 1 aliphatic carbocycles. The van der Waals surface area contributed by atoms with Crippen LogP contribution in [0, 0.1) is 0 Å². The summed E-state index contributed by atoms with van der Waals surface area (Å²) in [5, 5.41) is 2.93. The van der Waals surface area contributed by atoms with Gasteiger partial charge in [0.1, 0.15) is 5.69 Å². The highest BCUT2D eigenvalue weighted by molar-refractivity contribution is 9.10. The van der Waals surface area contributed by atoms with Gasteiger partial charge in [0.25, 0.3) is 5.91 Å². The molecular weight excluding hydrogens is 270 g/mol. The molecule has 2 atom stereocenters. The van der Waals surface area contributed by atoms with Crippen molar-refractivity contribution in [3.63, 3.8) is 0 Å². The Morgan fingerprint density at radius 1 is 1.75 bits per heavy atom. The van der Waals surface area contributed by atoms with Crippen molar-refractivity contribution in [2.75, 3.05) is 0 Å². The maximum absolute atomic E-state index is 11.9. The number of rotatable bonds is 4. The highest BCUT2D eigenvalue weighted by Crippen LogP contribution is 2.20. The van der Waals surface area contributed by atoms with Crippen LogP contribution in [0.2, 0.25) is 0 Å². The fourth-order valence-electron chi connectivity index (χ4n) is 1.71. The molecule has 2 rings (SSSR count). The molecule has 1 amide bonds. The quantitative estimate of drug-likeness (QED) is 0.881. The van der Waals surface area contributed by atoms with Crippen LogP contribution in [0.3, 0.4) is 0 Å². The van der Waals surface area contributed by atoms with Gasteiger partial charge in [0.2, 0.25) is 0 Å². The number of carbonyl (C=O) groups excluding carboxylic acids is 1. The van der Waals surface area contributed by atoms with Crippen LogP contribution in [0.15, 0.2) is 16.7 Å². The van der Waals surface area contributed by atoms with Gasteiger partial charge in [0.15, 0.2) is 0 Å². The van der Waals surface area contributed by atoms with Crippen molar-refractivity contribution in [1.29, 1.82) is 0 Å².